The first-order chi connectivity index (χ1) is 8.24. The van der Waals surface area contributed by atoms with Crippen LogP contribution in [0.25, 0.3) is 20.9 Å². The summed E-state index contributed by atoms with van der Waals surface area (Å²) >= 11 is 1.54. The van der Waals surface area contributed by atoms with Gasteiger partial charge in [0.25, 0.3) is 5.91 Å². The second kappa shape index (κ2) is 3.71. The third-order valence-corrected chi connectivity index (χ3v) is 3.52. The van der Waals surface area contributed by atoms with E-state index in [1.165, 1.54) is 11.3 Å². The molecule has 4 nitrogen and oxygen atoms in total. The molecular weight excluding hydrogens is 234 g/mol. The minimum absolute atomic E-state index is 0.401. The van der Waals surface area contributed by atoms with Crippen LogP contribution in [0.2, 0.25) is 0 Å². The number of H-pyrrole nitrogens is 1. The van der Waals surface area contributed by atoms with Gasteiger partial charge in [-0.05, 0) is 6.07 Å². The van der Waals surface area contributed by atoms with Crippen LogP contribution >= 0.6 is 11.3 Å². The number of aromatic nitrogens is 2. The van der Waals surface area contributed by atoms with Crippen LogP contribution in [0, 0.1) is 0 Å². The van der Waals surface area contributed by atoms with E-state index >= 15 is 0 Å². The maximum Gasteiger partial charge on any atom is 0.265 e. The van der Waals surface area contributed by atoms with Gasteiger partial charge in [0.2, 0.25) is 0 Å². The Labute approximate surface area is 101 Å². The summed E-state index contributed by atoms with van der Waals surface area (Å²) in [5.74, 6) is -0.462. The fourth-order valence-corrected chi connectivity index (χ4v) is 2.62. The number of nitrogens with two attached hydrogens (primary N) is 1. The van der Waals surface area contributed by atoms with E-state index < -0.39 is 5.91 Å². The van der Waals surface area contributed by atoms with Gasteiger partial charge in [0.1, 0.15) is 16.3 Å². The molecule has 3 aromatic rings. The van der Waals surface area contributed by atoms with Crippen molar-refractivity contribution in [2.24, 2.45) is 5.73 Å². The van der Waals surface area contributed by atoms with Gasteiger partial charge in [-0.3, -0.25) is 4.79 Å². The lowest BCUT2D eigenvalue weighted by Gasteiger charge is -1.93. The predicted octanol–water partition coefficient (Wildman–Crippen LogP) is 2.39. The van der Waals surface area contributed by atoms with Gasteiger partial charge < -0.3 is 10.7 Å². The first-order valence-corrected chi connectivity index (χ1v) is 5.90. The molecule has 2 aromatic heterocycles. The third kappa shape index (κ3) is 1.70. The monoisotopic (exact) mass is 243 g/mol. The molecule has 0 radical (unpaired) electrons. The molecule has 0 aliphatic rings. The molecule has 5 heteroatoms. The summed E-state index contributed by atoms with van der Waals surface area (Å²) in [6, 6.07) is 11.7. The zero-order chi connectivity index (χ0) is 11.8. The van der Waals surface area contributed by atoms with Crippen LogP contribution < -0.4 is 5.73 Å². The van der Waals surface area contributed by atoms with E-state index in [9.17, 15) is 4.79 Å². The molecule has 0 saturated carbocycles. The number of aromatic amines is 1. The van der Waals surface area contributed by atoms with Crippen LogP contribution in [0.4, 0.5) is 0 Å². The number of hydrogen-bond acceptors (Lipinski definition) is 3. The molecule has 0 saturated heterocycles. The van der Waals surface area contributed by atoms with Gasteiger partial charge in [0.15, 0.2) is 0 Å². The van der Waals surface area contributed by atoms with Gasteiger partial charge in [0, 0.05) is 5.56 Å². The van der Waals surface area contributed by atoms with Crippen molar-refractivity contribution in [3.8, 4) is 10.6 Å². The summed E-state index contributed by atoms with van der Waals surface area (Å²) < 4.78 is 0.942. The van der Waals surface area contributed by atoms with Gasteiger partial charge in [-0.15, -0.1) is 11.3 Å². The van der Waals surface area contributed by atoms with Crippen molar-refractivity contribution in [1.29, 1.82) is 0 Å². The number of nitrogens with zero attached hydrogens (tertiary/aromatic N) is 1. The van der Waals surface area contributed by atoms with Crippen molar-refractivity contribution in [3.63, 3.8) is 0 Å². The second-order valence-corrected chi connectivity index (χ2v) is 4.68. The van der Waals surface area contributed by atoms with E-state index in [1.54, 1.807) is 6.07 Å². The Morgan fingerprint density at radius 3 is 2.71 bits per heavy atom. The number of carbonyl (C=O) groups excluding carboxylic acids is 1. The molecule has 1 aromatic carbocycles. The Hall–Kier alpha value is -2.14. The number of fused-ring (bicyclic) bond motifs is 1. The van der Waals surface area contributed by atoms with Crippen LogP contribution in [0.5, 0.6) is 0 Å². The van der Waals surface area contributed by atoms with Gasteiger partial charge in [-0.1, -0.05) is 30.3 Å². The molecule has 84 valence electrons. The summed E-state index contributed by atoms with van der Waals surface area (Å²) in [6.07, 6.45) is 0. The number of nitrogens with one attached hydrogen (secondary N) is 1. The standard InChI is InChI=1S/C12H9N3OS/c13-10(16)8-6-9-11(14-8)15-12(17-9)7-4-2-1-3-5-7/h1-6,14H,(H2,13,16). The fraction of sp³-hybridized carbons (Fsp3) is 0. The van der Waals surface area contributed by atoms with Gasteiger partial charge in [0.05, 0.1) is 4.70 Å². The first kappa shape index (κ1) is 10.0. The summed E-state index contributed by atoms with van der Waals surface area (Å²) in [6.45, 7) is 0. The molecule has 0 atom stereocenters. The number of rotatable bonds is 2. The number of carbonyl (C=O) groups is 1. The Bertz CT molecular complexity index is 653. The molecule has 3 N–H and O–H groups in total. The number of primary amides is 1. The highest BCUT2D eigenvalue weighted by Gasteiger charge is 2.11. The highest BCUT2D eigenvalue weighted by molar-refractivity contribution is 7.21. The predicted molar refractivity (Wildman–Crippen MR) is 67.9 cm³/mol. The Kier molecular flexibility index (Phi) is 2.19. The highest BCUT2D eigenvalue weighted by atomic mass is 32.1. The molecular formula is C12H9N3OS. The van der Waals surface area contributed by atoms with Crippen molar-refractivity contribution in [2.75, 3.05) is 0 Å². The number of amides is 1. The normalized spacial score (nSPS) is 10.8. The summed E-state index contributed by atoms with van der Waals surface area (Å²) in [5.41, 5.74) is 7.38. The minimum atomic E-state index is -0.462. The van der Waals surface area contributed by atoms with E-state index in [1.807, 2.05) is 30.3 Å². The Morgan fingerprint density at radius 2 is 2.06 bits per heavy atom. The first-order valence-electron chi connectivity index (χ1n) is 5.09. The lowest BCUT2D eigenvalue weighted by molar-refractivity contribution is 0.0996. The maximum atomic E-state index is 11.0. The van der Waals surface area contributed by atoms with Crippen molar-refractivity contribution in [3.05, 3.63) is 42.1 Å². The average Bonchev–Trinajstić information content (AvgIpc) is 2.87. The summed E-state index contributed by atoms with van der Waals surface area (Å²) in [4.78, 5) is 18.3. The van der Waals surface area contributed by atoms with Crippen LogP contribution in [0.3, 0.4) is 0 Å². The van der Waals surface area contributed by atoms with E-state index in [0.717, 1.165) is 15.3 Å². The minimum Gasteiger partial charge on any atom is -0.364 e. The van der Waals surface area contributed by atoms with Crippen molar-refractivity contribution < 1.29 is 4.79 Å². The van der Waals surface area contributed by atoms with Crippen LogP contribution in [-0.4, -0.2) is 15.9 Å². The lowest BCUT2D eigenvalue weighted by atomic mass is 10.2. The SMILES string of the molecule is NC(=O)c1cc2sc(-c3ccccc3)nc2[nH]1. The summed E-state index contributed by atoms with van der Waals surface area (Å²) in [5, 5.41) is 0.933. The number of thiazole rings is 1. The smallest absolute Gasteiger partial charge is 0.265 e. The van der Waals surface area contributed by atoms with Gasteiger partial charge >= 0.3 is 0 Å². The molecule has 3 rings (SSSR count). The van der Waals surface area contributed by atoms with E-state index in [2.05, 4.69) is 9.97 Å². The average molecular weight is 243 g/mol. The number of benzene rings is 1. The van der Waals surface area contributed by atoms with Crippen molar-refractivity contribution in [2.45, 2.75) is 0 Å². The van der Waals surface area contributed by atoms with Gasteiger partial charge in [-0.25, -0.2) is 4.98 Å². The zero-order valence-corrected chi connectivity index (χ0v) is 9.62. The molecule has 0 bridgehead atoms. The van der Waals surface area contributed by atoms with Crippen LogP contribution in [-0.2, 0) is 0 Å². The molecule has 0 aliphatic carbocycles. The van der Waals surface area contributed by atoms with Crippen LogP contribution in [0.1, 0.15) is 10.5 Å². The number of hydrogen-bond donors (Lipinski definition) is 2. The molecule has 2 heterocycles. The maximum absolute atomic E-state index is 11.0. The quantitative estimate of drug-likeness (QED) is 0.725. The summed E-state index contributed by atoms with van der Waals surface area (Å²) in [7, 11) is 0. The molecule has 0 fully saturated rings. The Balaban J connectivity index is 2.10. The highest BCUT2D eigenvalue weighted by Crippen LogP contribution is 2.30. The molecule has 0 unspecified atom stereocenters. The third-order valence-electron chi connectivity index (χ3n) is 2.47. The zero-order valence-electron chi connectivity index (χ0n) is 8.81. The van der Waals surface area contributed by atoms with E-state index in [-0.39, 0.29) is 0 Å². The van der Waals surface area contributed by atoms with Gasteiger partial charge in [-0.2, -0.15) is 0 Å². The van der Waals surface area contributed by atoms with Crippen molar-refractivity contribution in [1.82, 2.24) is 9.97 Å². The second-order valence-electron chi connectivity index (χ2n) is 3.65. The lowest BCUT2D eigenvalue weighted by Crippen LogP contribution is -2.10. The topological polar surface area (TPSA) is 71.8 Å². The molecule has 0 aliphatic heterocycles. The van der Waals surface area contributed by atoms with Crippen LogP contribution in [0.15, 0.2) is 36.4 Å². The fourth-order valence-electron chi connectivity index (χ4n) is 1.65. The molecule has 1 amide bonds. The molecule has 17 heavy (non-hydrogen) atoms. The Morgan fingerprint density at radius 1 is 1.29 bits per heavy atom. The van der Waals surface area contributed by atoms with E-state index in [4.69, 9.17) is 5.73 Å². The largest absolute Gasteiger partial charge is 0.364 e. The van der Waals surface area contributed by atoms with Crippen molar-refractivity contribution >= 4 is 27.6 Å². The van der Waals surface area contributed by atoms with E-state index in [0.29, 0.717) is 11.3 Å². The molecule has 0 spiro atoms.